The highest BCUT2D eigenvalue weighted by atomic mass is 28.5. The van der Waals surface area contributed by atoms with Gasteiger partial charge in [-0.05, 0) is 58.3 Å². The first kappa shape index (κ1) is 32.3. The molecule has 194 valence electrons. The first-order valence-electron chi connectivity index (χ1n) is 11.8. The Bertz CT molecular complexity index is 414. The second-order valence-electron chi connectivity index (χ2n) is 9.72. The summed E-state index contributed by atoms with van der Waals surface area (Å²) in [4.78, 5) is 0. The fraction of sp³-hybridized carbons (Fsp3) is 1.00. The molecule has 0 atom stereocenters. The predicted molar refractivity (Wildman–Crippen MR) is 136 cm³/mol. The van der Waals surface area contributed by atoms with Gasteiger partial charge in [0, 0.05) is 13.7 Å². The van der Waals surface area contributed by atoms with E-state index in [-0.39, 0.29) is 0 Å². The lowest BCUT2D eigenvalue weighted by molar-refractivity contribution is -0.0146. The fourth-order valence-corrected chi connectivity index (χ4v) is 15.5. The van der Waals surface area contributed by atoms with Crippen LogP contribution in [-0.2, 0) is 36.7 Å². The average molecular weight is 515 g/mol. The van der Waals surface area contributed by atoms with E-state index in [0.29, 0.717) is 72.7 Å². The van der Waals surface area contributed by atoms with Gasteiger partial charge < -0.3 is 36.7 Å². The van der Waals surface area contributed by atoms with Crippen molar-refractivity contribution in [1.82, 2.24) is 0 Å². The molecule has 0 rings (SSSR count). The van der Waals surface area contributed by atoms with Gasteiger partial charge in [0.1, 0.15) is 0 Å². The van der Waals surface area contributed by atoms with E-state index in [1.165, 1.54) is 0 Å². The lowest BCUT2D eigenvalue weighted by Crippen LogP contribution is -2.52. The highest BCUT2D eigenvalue weighted by Crippen LogP contribution is 2.25. The van der Waals surface area contributed by atoms with Gasteiger partial charge in [-0.3, -0.25) is 0 Å². The van der Waals surface area contributed by atoms with Gasteiger partial charge in [0.15, 0.2) is 16.6 Å². The van der Waals surface area contributed by atoms with Crippen LogP contribution in [0.15, 0.2) is 0 Å². The summed E-state index contributed by atoms with van der Waals surface area (Å²) in [6, 6.07) is 0.970. The Balaban J connectivity index is 3.59. The number of hydrogen-bond donors (Lipinski definition) is 0. The van der Waals surface area contributed by atoms with Crippen molar-refractivity contribution >= 4 is 25.2 Å². The standard InChI is InChI=1S/C21H50O8Si3/c1-22-11-12-24-15-16-26-19-20-27-18-17-25-14-13-23-10-9-21-32(8,28-30(2,3)4)29-31(5,6)7/h9-21H2,1-8H3. The van der Waals surface area contributed by atoms with E-state index in [1.54, 1.807) is 7.11 Å². The van der Waals surface area contributed by atoms with Crippen molar-refractivity contribution in [2.75, 3.05) is 79.8 Å². The van der Waals surface area contributed by atoms with Crippen LogP contribution in [0.3, 0.4) is 0 Å². The van der Waals surface area contributed by atoms with E-state index in [4.69, 9.17) is 36.7 Å². The summed E-state index contributed by atoms with van der Waals surface area (Å²) in [5.74, 6) is 0. The molecule has 0 heterocycles. The molecule has 0 spiro atoms. The Morgan fingerprint density at radius 1 is 0.438 bits per heavy atom. The van der Waals surface area contributed by atoms with Gasteiger partial charge in [0.25, 0.3) is 0 Å². The third-order valence-electron chi connectivity index (χ3n) is 3.88. The zero-order valence-electron chi connectivity index (χ0n) is 22.0. The van der Waals surface area contributed by atoms with E-state index in [9.17, 15) is 0 Å². The lowest BCUT2D eigenvalue weighted by atomic mass is 10.5. The maximum absolute atomic E-state index is 6.51. The first-order chi connectivity index (χ1) is 15.0. The average Bonchev–Trinajstić information content (AvgIpc) is 2.64. The highest BCUT2D eigenvalue weighted by Gasteiger charge is 2.39. The van der Waals surface area contributed by atoms with Gasteiger partial charge in [0.05, 0.1) is 66.1 Å². The Labute approximate surface area is 200 Å². The Kier molecular flexibility index (Phi) is 18.8. The van der Waals surface area contributed by atoms with Crippen molar-refractivity contribution in [2.45, 2.75) is 58.3 Å². The van der Waals surface area contributed by atoms with Crippen molar-refractivity contribution < 1.29 is 36.7 Å². The Morgan fingerprint density at radius 3 is 1.06 bits per heavy atom. The van der Waals surface area contributed by atoms with Crippen LogP contribution < -0.4 is 0 Å². The molecule has 0 aliphatic heterocycles. The maximum Gasteiger partial charge on any atom is 0.314 e. The SMILES string of the molecule is COCCOCCOCCOCCOCCOCCC[Si](C)(O[Si](C)(C)C)O[Si](C)(C)C. The first-order valence-corrected chi connectivity index (χ1v) is 21.1. The van der Waals surface area contributed by atoms with Crippen LogP contribution in [-0.4, -0.2) is 105 Å². The molecule has 32 heavy (non-hydrogen) atoms. The number of hydrogen-bond acceptors (Lipinski definition) is 8. The number of methoxy groups -OCH3 is 1. The summed E-state index contributed by atoms with van der Waals surface area (Å²) in [6.07, 6.45) is 0.957. The molecule has 0 unspecified atom stereocenters. The van der Waals surface area contributed by atoms with Crippen LogP contribution in [0, 0.1) is 0 Å². The Morgan fingerprint density at radius 2 is 0.750 bits per heavy atom. The van der Waals surface area contributed by atoms with Crippen molar-refractivity contribution in [2.24, 2.45) is 0 Å². The minimum atomic E-state index is -2.16. The van der Waals surface area contributed by atoms with Gasteiger partial charge in [-0.15, -0.1) is 0 Å². The summed E-state index contributed by atoms with van der Waals surface area (Å²) in [5.41, 5.74) is 0. The van der Waals surface area contributed by atoms with Crippen molar-refractivity contribution in [3.8, 4) is 0 Å². The molecule has 0 aromatic carbocycles. The van der Waals surface area contributed by atoms with Gasteiger partial charge in [-0.25, -0.2) is 0 Å². The van der Waals surface area contributed by atoms with Crippen molar-refractivity contribution in [3.05, 3.63) is 0 Å². The molecule has 0 saturated heterocycles. The Hall–Kier alpha value is 0.331. The number of ether oxygens (including phenoxy) is 6. The third kappa shape index (κ3) is 23.5. The summed E-state index contributed by atoms with van der Waals surface area (Å²) >= 11 is 0. The van der Waals surface area contributed by atoms with Gasteiger partial charge in [-0.1, -0.05) is 0 Å². The smallest absolute Gasteiger partial charge is 0.314 e. The predicted octanol–water partition coefficient (Wildman–Crippen LogP) is 3.88. The minimum absolute atomic E-state index is 0.555. The summed E-state index contributed by atoms with van der Waals surface area (Å²) in [5, 5.41) is 0. The van der Waals surface area contributed by atoms with Gasteiger partial charge >= 0.3 is 8.56 Å². The molecule has 0 aliphatic carbocycles. The molecular formula is C21H50O8Si3. The second kappa shape index (κ2) is 18.6. The van der Waals surface area contributed by atoms with Crippen molar-refractivity contribution in [3.63, 3.8) is 0 Å². The zero-order chi connectivity index (χ0) is 24.3. The molecule has 0 bridgehead atoms. The zero-order valence-corrected chi connectivity index (χ0v) is 25.0. The summed E-state index contributed by atoms with van der Waals surface area (Å²) in [7, 11) is -3.78. The van der Waals surface area contributed by atoms with Crippen LogP contribution in [0.2, 0.25) is 51.9 Å². The summed E-state index contributed by atoms with van der Waals surface area (Å²) in [6.45, 7) is 22.1. The largest absolute Gasteiger partial charge is 0.437 e. The van der Waals surface area contributed by atoms with Crippen LogP contribution in [0.4, 0.5) is 0 Å². The molecular weight excluding hydrogens is 464 g/mol. The minimum Gasteiger partial charge on any atom is -0.437 e. The quantitative estimate of drug-likeness (QED) is 0.150. The lowest BCUT2D eigenvalue weighted by Gasteiger charge is -2.38. The molecule has 8 nitrogen and oxygen atoms in total. The topological polar surface area (TPSA) is 73.8 Å². The van der Waals surface area contributed by atoms with E-state index in [1.807, 2.05) is 0 Å². The molecule has 0 aromatic rings. The van der Waals surface area contributed by atoms with Crippen LogP contribution in [0.25, 0.3) is 0 Å². The van der Waals surface area contributed by atoms with E-state index in [0.717, 1.165) is 12.5 Å². The van der Waals surface area contributed by atoms with E-state index < -0.39 is 25.2 Å². The molecule has 0 N–H and O–H groups in total. The normalized spacial score (nSPS) is 13.1. The molecule has 0 radical (unpaired) electrons. The summed E-state index contributed by atoms with van der Waals surface area (Å²) < 4.78 is 45.4. The van der Waals surface area contributed by atoms with E-state index >= 15 is 0 Å². The molecule has 0 saturated carbocycles. The van der Waals surface area contributed by atoms with Crippen LogP contribution in [0.5, 0.6) is 0 Å². The molecule has 0 amide bonds. The monoisotopic (exact) mass is 514 g/mol. The molecule has 0 fully saturated rings. The molecule has 0 aliphatic rings. The molecule has 0 aromatic heterocycles. The van der Waals surface area contributed by atoms with Gasteiger partial charge in [0.2, 0.25) is 0 Å². The second-order valence-corrected chi connectivity index (χ2v) is 22.6. The number of rotatable bonds is 23. The van der Waals surface area contributed by atoms with Crippen LogP contribution >= 0.6 is 0 Å². The third-order valence-corrected chi connectivity index (χ3v) is 13.5. The fourth-order valence-electron chi connectivity index (χ4n) is 3.04. The van der Waals surface area contributed by atoms with Crippen molar-refractivity contribution in [1.29, 1.82) is 0 Å². The molecule has 11 heteroatoms. The maximum atomic E-state index is 6.51. The van der Waals surface area contributed by atoms with E-state index in [2.05, 4.69) is 45.8 Å². The van der Waals surface area contributed by atoms with Gasteiger partial charge in [-0.2, -0.15) is 0 Å². The highest BCUT2D eigenvalue weighted by molar-refractivity contribution is 6.87. The van der Waals surface area contributed by atoms with Crippen LogP contribution in [0.1, 0.15) is 6.42 Å².